The molecule has 2 aliphatic rings. The number of ether oxygens (including phenoxy) is 2. The van der Waals surface area contributed by atoms with Gasteiger partial charge in [0.25, 0.3) is 0 Å². The SMILES string of the molecule is [2H]C([2H])([2H])N(CC1(COc2nc(N3CCCOCC3)nc3c2ncn3Cc2cc(O)cc3ccc(F)c(C#C)c23)CC1)C([2H])([2H])[2H]. The quantitative estimate of drug-likeness (QED) is 0.332. The van der Waals surface area contributed by atoms with E-state index < -0.39 is 25.2 Å². The second-order valence-corrected chi connectivity index (χ2v) is 10.5. The highest BCUT2D eigenvalue weighted by Crippen LogP contribution is 2.46. The van der Waals surface area contributed by atoms with Gasteiger partial charge in [-0.15, -0.1) is 6.42 Å². The molecule has 1 saturated carbocycles. The molecule has 1 saturated heterocycles. The molecule has 1 N–H and O–H groups in total. The minimum Gasteiger partial charge on any atom is -0.508 e. The van der Waals surface area contributed by atoms with Crippen molar-refractivity contribution >= 4 is 27.9 Å². The summed E-state index contributed by atoms with van der Waals surface area (Å²) < 4.78 is 75.0. The molecule has 2 fully saturated rings. The Morgan fingerprint density at radius 1 is 1.25 bits per heavy atom. The number of benzene rings is 2. The lowest BCUT2D eigenvalue weighted by Crippen LogP contribution is -2.29. The maximum Gasteiger partial charge on any atom is 0.247 e. The minimum atomic E-state index is -2.80. The summed E-state index contributed by atoms with van der Waals surface area (Å²) >= 11 is 0. The number of phenolic OH excluding ortho intramolecular Hbond substituents is 1. The van der Waals surface area contributed by atoms with E-state index >= 15 is 0 Å². The summed E-state index contributed by atoms with van der Waals surface area (Å²) in [6, 6.07) is 5.87. The van der Waals surface area contributed by atoms with Crippen molar-refractivity contribution in [2.45, 2.75) is 25.8 Å². The third kappa shape index (κ3) is 5.15. The number of hydrogen-bond donors (Lipinski definition) is 1. The summed E-state index contributed by atoms with van der Waals surface area (Å²) in [5, 5.41) is 11.5. The van der Waals surface area contributed by atoms with Crippen molar-refractivity contribution in [1.29, 1.82) is 0 Å². The third-order valence-corrected chi connectivity index (χ3v) is 7.51. The van der Waals surface area contributed by atoms with Crippen LogP contribution in [0.5, 0.6) is 11.6 Å². The van der Waals surface area contributed by atoms with E-state index in [4.69, 9.17) is 34.1 Å². The lowest BCUT2D eigenvalue weighted by Gasteiger charge is -2.22. The zero-order valence-corrected chi connectivity index (χ0v) is 21.9. The molecule has 2 aromatic heterocycles. The summed E-state index contributed by atoms with van der Waals surface area (Å²) in [5.41, 5.74) is 0.700. The number of imidazole rings is 1. The van der Waals surface area contributed by atoms with Gasteiger partial charge < -0.3 is 28.9 Å². The van der Waals surface area contributed by atoms with E-state index in [0.29, 0.717) is 77.5 Å². The molecule has 4 aromatic rings. The van der Waals surface area contributed by atoms with E-state index in [-0.39, 0.29) is 36.9 Å². The fourth-order valence-electron chi connectivity index (χ4n) is 5.25. The van der Waals surface area contributed by atoms with Gasteiger partial charge in [0.1, 0.15) is 11.6 Å². The van der Waals surface area contributed by atoms with Crippen LogP contribution in [0.15, 0.2) is 30.6 Å². The average Bonchev–Trinajstić information content (AvgIpc) is 3.72. The number of hydrogen-bond acceptors (Lipinski definition) is 8. The first-order valence-corrected chi connectivity index (χ1v) is 13.1. The number of phenols is 1. The van der Waals surface area contributed by atoms with E-state index in [9.17, 15) is 9.50 Å². The molecule has 0 radical (unpaired) electrons. The number of nitrogens with zero attached hydrogens (tertiary/aromatic N) is 6. The number of terminal acetylenes is 1. The van der Waals surface area contributed by atoms with Crippen LogP contribution in [0.25, 0.3) is 21.9 Å². The molecule has 0 atom stereocenters. The van der Waals surface area contributed by atoms with Crippen LogP contribution < -0.4 is 9.64 Å². The number of aromatic nitrogens is 4. The monoisotopic (exact) mass is 550 g/mol. The zero-order valence-electron chi connectivity index (χ0n) is 27.9. The predicted octanol–water partition coefficient (Wildman–Crippen LogP) is 3.80. The Kier molecular flexibility index (Phi) is 5.28. The van der Waals surface area contributed by atoms with Gasteiger partial charge in [-0.1, -0.05) is 12.0 Å². The molecule has 3 heterocycles. The maximum atomic E-state index is 14.7. The van der Waals surface area contributed by atoms with E-state index in [2.05, 4.69) is 10.9 Å². The van der Waals surface area contributed by atoms with E-state index in [1.807, 2.05) is 4.90 Å². The molecular weight excluding hydrogens is 511 g/mol. The molecule has 40 heavy (non-hydrogen) atoms. The maximum absolute atomic E-state index is 14.7. The summed E-state index contributed by atoms with van der Waals surface area (Å²) in [6.07, 6.45) is 9.17. The van der Waals surface area contributed by atoms with Gasteiger partial charge in [0.2, 0.25) is 11.8 Å². The Hall–Kier alpha value is -3.94. The Morgan fingerprint density at radius 3 is 2.92 bits per heavy atom. The van der Waals surface area contributed by atoms with Crippen molar-refractivity contribution in [1.82, 2.24) is 24.4 Å². The first kappa shape index (κ1) is 20.0. The molecule has 0 bridgehead atoms. The van der Waals surface area contributed by atoms with Gasteiger partial charge in [-0.2, -0.15) is 9.97 Å². The van der Waals surface area contributed by atoms with Gasteiger partial charge >= 0.3 is 0 Å². The van der Waals surface area contributed by atoms with Crippen LogP contribution in [0, 0.1) is 23.6 Å². The molecule has 0 spiro atoms. The van der Waals surface area contributed by atoms with Crippen LogP contribution in [-0.2, 0) is 11.3 Å². The number of anilines is 1. The van der Waals surface area contributed by atoms with Crippen LogP contribution in [0.1, 0.15) is 38.6 Å². The topological polar surface area (TPSA) is 88.8 Å². The molecule has 1 aliphatic carbocycles. The molecule has 2 aromatic carbocycles. The Morgan fingerprint density at radius 2 is 2.12 bits per heavy atom. The summed E-state index contributed by atoms with van der Waals surface area (Å²) in [4.78, 5) is 16.6. The van der Waals surface area contributed by atoms with E-state index in [1.165, 1.54) is 18.2 Å². The van der Waals surface area contributed by atoms with Crippen LogP contribution in [0.3, 0.4) is 0 Å². The largest absolute Gasteiger partial charge is 0.508 e. The molecule has 208 valence electrons. The fraction of sp³-hybridized carbons (Fsp3) is 0.433. The molecule has 0 amide bonds. The van der Waals surface area contributed by atoms with Gasteiger partial charge in [0.15, 0.2) is 11.2 Å². The first-order valence-electron chi connectivity index (χ1n) is 16.1. The molecule has 1 aliphatic heterocycles. The van der Waals surface area contributed by atoms with Crippen molar-refractivity contribution in [3.05, 3.63) is 47.5 Å². The van der Waals surface area contributed by atoms with Crippen LogP contribution in [0.4, 0.5) is 10.3 Å². The fourth-order valence-corrected chi connectivity index (χ4v) is 5.25. The second kappa shape index (κ2) is 10.6. The van der Waals surface area contributed by atoms with Gasteiger partial charge in [-0.25, -0.2) is 9.37 Å². The van der Waals surface area contributed by atoms with Crippen molar-refractivity contribution in [3.8, 4) is 24.0 Å². The Bertz CT molecular complexity index is 1800. The van der Waals surface area contributed by atoms with Crippen molar-refractivity contribution in [2.24, 2.45) is 5.41 Å². The molecule has 6 rings (SSSR count). The zero-order chi connectivity index (χ0) is 32.9. The average molecular weight is 551 g/mol. The summed E-state index contributed by atoms with van der Waals surface area (Å²) in [5.74, 6) is 2.41. The lowest BCUT2D eigenvalue weighted by atomic mass is 9.98. The highest BCUT2D eigenvalue weighted by molar-refractivity contribution is 5.92. The highest BCUT2D eigenvalue weighted by atomic mass is 19.1. The van der Waals surface area contributed by atoms with E-state index in [1.54, 1.807) is 17.0 Å². The van der Waals surface area contributed by atoms with Crippen LogP contribution >= 0.6 is 0 Å². The number of aromatic hydroxyl groups is 1. The molecule has 0 unspecified atom stereocenters. The van der Waals surface area contributed by atoms with E-state index in [0.717, 1.165) is 6.42 Å². The van der Waals surface area contributed by atoms with Gasteiger partial charge in [0.05, 0.1) is 31.6 Å². The first-order chi connectivity index (χ1) is 21.8. The normalized spacial score (nSPS) is 19.7. The Balaban J connectivity index is 1.38. The number of fused-ring (bicyclic) bond motifs is 2. The van der Waals surface area contributed by atoms with Crippen LogP contribution in [-0.4, -0.2) is 82.9 Å². The summed E-state index contributed by atoms with van der Waals surface area (Å²) in [7, 11) is 0. The van der Waals surface area contributed by atoms with Gasteiger partial charge in [0, 0.05) is 45.3 Å². The molecule has 10 heteroatoms. The van der Waals surface area contributed by atoms with Crippen molar-refractivity contribution in [3.63, 3.8) is 0 Å². The number of rotatable bonds is 8. The molecular formula is C30H33FN6O3. The van der Waals surface area contributed by atoms with Gasteiger partial charge in [-0.05, 0) is 62.4 Å². The highest BCUT2D eigenvalue weighted by Gasteiger charge is 2.44. The smallest absolute Gasteiger partial charge is 0.247 e. The number of halogens is 1. The third-order valence-electron chi connectivity index (χ3n) is 7.51. The van der Waals surface area contributed by atoms with Crippen LogP contribution in [0.2, 0.25) is 0 Å². The Labute approximate surface area is 241 Å². The second-order valence-electron chi connectivity index (χ2n) is 10.5. The lowest BCUT2D eigenvalue weighted by molar-refractivity contribution is 0.152. The minimum absolute atomic E-state index is 0.0108. The van der Waals surface area contributed by atoms with Crippen molar-refractivity contribution in [2.75, 3.05) is 58.3 Å². The summed E-state index contributed by atoms with van der Waals surface area (Å²) in [6.45, 7) is -3.38. The van der Waals surface area contributed by atoms with Gasteiger partial charge in [-0.3, -0.25) is 0 Å². The van der Waals surface area contributed by atoms with Crippen molar-refractivity contribution < 1.29 is 27.2 Å². The standard InChI is InChI=1S/C30H33FN6O3/c1-4-23-24(31)7-6-20-14-22(38)15-21(25(20)23)16-37-19-32-26-27(37)33-29(36-10-5-12-39-13-11-36)34-28(26)40-18-30(8-9-30)17-35(2)3/h1,6-7,14-15,19,38H,5,8-13,16-18H2,2-3H3/i2D3,3D3. The predicted molar refractivity (Wildman–Crippen MR) is 151 cm³/mol. The molecule has 9 nitrogen and oxygen atoms in total.